The van der Waals surface area contributed by atoms with E-state index in [0.717, 1.165) is 18.1 Å². The largest absolute Gasteiger partial charge is 0.389 e. The van der Waals surface area contributed by atoms with Crippen molar-refractivity contribution in [2.75, 3.05) is 5.75 Å². The third kappa shape index (κ3) is 2.11. The molecule has 0 aromatic heterocycles. The first kappa shape index (κ1) is 10.8. The van der Waals surface area contributed by atoms with Crippen LogP contribution in [0.4, 0.5) is 0 Å². The van der Waals surface area contributed by atoms with Crippen LogP contribution < -0.4 is 0 Å². The van der Waals surface area contributed by atoms with Crippen LogP contribution >= 0.6 is 11.8 Å². The van der Waals surface area contributed by atoms with Gasteiger partial charge >= 0.3 is 0 Å². The average Bonchev–Trinajstić information content (AvgIpc) is 2.48. The third-order valence-electron chi connectivity index (χ3n) is 4.03. The minimum Gasteiger partial charge on any atom is -0.389 e. The van der Waals surface area contributed by atoms with Crippen molar-refractivity contribution in [3.8, 4) is 0 Å². The lowest BCUT2D eigenvalue weighted by molar-refractivity contribution is -0.0175. The molecule has 1 heterocycles. The fraction of sp³-hybridized carbons (Fsp3) is 1.00. The van der Waals surface area contributed by atoms with Gasteiger partial charge in [0.15, 0.2) is 0 Å². The van der Waals surface area contributed by atoms with E-state index in [1.165, 1.54) is 25.7 Å². The van der Waals surface area contributed by atoms with Crippen LogP contribution in [0.1, 0.15) is 46.0 Å². The maximum absolute atomic E-state index is 10.6. The molecule has 2 rings (SSSR count). The summed E-state index contributed by atoms with van der Waals surface area (Å²) >= 11 is 1.95. The standard InChI is InChI=1S/C12H22OS/c1-9-3-5-11(6-4-9)12(13)7-10(2)14-8-12/h9-11,13H,3-8H2,1-2H3. The molecule has 1 aliphatic heterocycles. The van der Waals surface area contributed by atoms with Gasteiger partial charge in [0.05, 0.1) is 5.60 Å². The van der Waals surface area contributed by atoms with Crippen molar-refractivity contribution < 1.29 is 5.11 Å². The highest BCUT2D eigenvalue weighted by molar-refractivity contribution is 8.00. The Morgan fingerprint density at radius 3 is 2.29 bits per heavy atom. The van der Waals surface area contributed by atoms with E-state index in [1.807, 2.05) is 11.8 Å². The zero-order valence-electron chi connectivity index (χ0n) is 9.33. The lowest BCUT2D eigenvalue weighted by Gasteiger charge is -2.37. The molecule has 14 heavy (non-hydrogen) atoms. The van der Waals surface area contributed by atoms with E-state index in [0.29, 0.717) is 11.2 Å². The molecular weight excluding hydrogens is 192 g/mol. The van der Waals surface area contributed by atoms with Gasteiger partial charge in [-0.3, -0.25) is 0 Å². The topological polar surface area (TPSA) is 20.2 Å². The summed E-state index contributed by atoms with van der Waals surface area (Å²) in [5, 5.41) is 11.2. The van der Waals surface area contributed by atoms with E-state index in [-0.39, 0.29) is 5.60 Å². The van der Waals surface area contributed by atoms with E-state index in [1.54, 1.807) is 0 Å². The predicted molar refractivity (Wildman–Crippen MR) is 62.6 cm³/mol. The molecular formula is C12H22OS. The van der Waals surface area contributed by atoms with Crippen molar-refractivity contribution in [2.24, 2.45) is 11.8 Å². The monoisotopic (exact) mass is 214 g/mol. The smallest absolute Gasteiger partial charge is 0.0776 e. The molecule has 1 nitrogen and oxygen atoms in total. The minimum atomic E-state index is -0.315. The second-order valence-corrected chi connectivity index (χ2v) is 6.81. The Bertz CT molecular complexity index is 198. The number of thioether (sulfide) groups is 1. The Hall–Kier alpha value is 0.310. The van der Waals surface area contributed by atoms with Crippen LogP contribution in [0.15, 0.2) is 0 Å². The Labute approximate surface area is 91.7 Å². The molecule has 0 amide bonds. The highest BCUT2D eigenvalue weighted by Crippen LogP contribution is 2.45. The molecule has 82 valence electrons. The van der Waals surface area contributed by atoms with Crippen molar-refractivity contribution in [3.63, 3.8) is 0 Å². The molecule has 1 saturated heterocycles. The zero-order valence-corrected chi connectivity index (χ0v) is 10.1. The van der Waals surface area contributed by atoms with Gasteiger partial charge in [-0.2, -0.15) is 11.8 Å². The summed E-state index contributed by atoms with van der Waals surface area (Å²) in [4.78, 5) is 0. The Kier molecular flexibility index (Phi) is 3.13. The van der Waals surface area contributed by atoms with Gasteiger partial charge in [-0.1, -0.05) is 26.7 Å². The first-order valence-electron chi connectivity index (χ1n) is 5.94. The minimum absolute atomic E-state index is 0.315. The number of rotatable bonds is 1. The zero-order chi connectivity index (χ0) is 10.2. The summed E-state index contributed by atoms with van der Waals surface area (Å²) in [6.07, 6.45) is 6.19. The maximum Gasteiger partial charge on any atom is 0.0776 e. The Morgan fingerprint density at radius 1 is 1.14 bits per heavy atom. The number of aliphatic hydroxyl groups is 1. The molecule has 2 atom stereocenters. The van der Waals surface area contributed by atoms with Crippen LogP contribution in [-0.4, -0.2) is 21.7 Å². The average molecular weight is 214 g/mol. The van der Waals surface area contributed by atoms with Crippen LogP contribution in [0.2, 0.25) is 0 Å². The molecule has 2 heteroatoms. The van der Waals surface area contributed by atoms with Gasteiger partial charge in [0, 0.05) is 11.0 Å². The summed E-state index contributed by atoms with van der Waals surface area (Å²) in [6, 6.07) is 0. The Morgan fingerprint density at radius 2 is 1.79 bits per heavy atom. The van der Waals surface area contributed by atoms with Crippen LogP contribution in [0.25, 0.3) is 0 Å². The molecule has 0 aromatic carbocycles. The summed E-state index contributed by atoms with van der Waals surface area (Å²) in [5.41, 5.74) is -0.315. The molecule has 0 aromatic rings. The SMILES string of the molecule is CC1CCC(C2(O)CSC(C)C2)CC1. The van der Waals surface area contributed by atoms with Gasteiger partial charge in [-0.15, -0.1) is 0 Å². The predicted octanol–water partition coefficient (Wildman–Crippen LogP) is 3.07. The van der Waals surface area contributed by atoms with Gasteiger partial charge in [0.25, 0.3) is 0 Å². The number of hydrogen-bond donors (Lipinski definition) is 1. The normalized spacial score (nSPS) is 49.5. The first-order chi connectivity index (χ1) is 6.60. The third-order valence-corrected chi connectivity index (χ3v) is 5.44. The molecule has 2 aliphatic rings. The molecule has 2 unspecified atom stereocenters. The summed E-state index contributed by atoms with van der Waals surface area (Å²) in [6.45, 7) is 4.58. The fourth-order valence-corrected chi connectivity index (χ4v) is 4.32. The number of hydrogen-bond acceptors (Lipinski definition) is 2. The summed E-state index contributed by atoms with van der Waals surface area (Å²) < 4.78 is 0. The molecule has 0 radical (unpaired) electrons. The summed E-state index contributed by atoms with van der Waals surface area (Å²) in [7, 11) is 0. The van der Waals surface area contributed by atoms with Crippen molar-refractivity contribution >= 4 is 11.8 Å². The van der Waals surface area contributed by atoms with E-state index in [4.69, 9.17) is 0 Å². The van der Waals surface area contributed by atoms with Gasteiger partial charge in [0.2, 0.25) is 0 Å². The summed E-state index contributed by atoms with van der Waals surface area (Å²) in [5.74, 6) is 2.46. The quantitative estimate of drug-likeness (QED) is 0.724. The second kappa shape index (κ2) is 4.05. The van der Waals surface area contributed by atoms with E-state index in [2.05, 4.69) is 13.8 Å². The molecule has 1 N–H and O–H groups in total. The Balaban J connectivity index is 1.94. The van der Waals surface area contributed by atoms with Crippen LogP contribution in [0.5, 0.6) is 0 Å². The van der Waals surface area contributed by atoms with Crippen LogP contribution in [0.3, 0.4) is 0 Å². The van der Waals surface area contributed by atoms with Gasteiger partial charge < -0.3 is 5.11 Å². The maximum atomic E-state index is 10.6. The first-order valence-corrected chi connectivity index (χ1v) is 6.99. The molecule has 0 bridgehead atoms. The van der Waals surface area contributed by atoms with Crippen molar-refractivity contribution in [2.45, 2.75) is 56.8 Å². The van der Waals surface area contributed by atoms with Crippen LogP contribution in [0, 0.1) is 11.8 Å². The van der Waals surface area contributed by atoms with Gasteiger partial charge in [-0.25, -0.2) is 0 Å². The molecule has 0 spiro atoms. The lowest BCUT2D eigenvalue weighted by atomic mass is 9.73. The van der Waals surface area contributed by atoms with Gasteiger partial charge in [0.1, 0.15) is 0 Å². The van der Waals surface area contributed by atoms with Crippen molar-refractivity contribution in [3.05, 3.63) is 0 Å². The molecule has 1 aliphatic carbocycles. The van der Waals surface area contributed by atoms with Crippen LogP contribution in [-0.2, 0) is 0 Å². The fourth-order valence-electron chi connectivity index (χ4n) is 2.98. The van der Waals surface area contributed by atoms with E-state index in [9.17, 15) is 5.11 Å². The van der Waals surface area contributed by atoms with Crippen molar-refractivity contribution in [1.82, 2.24) is 0 Å². The highest BCUT2D eigenvalue weighted by Gasteiger charge is 2.43. The van der Waals surface area contributed by atoms with Gasteiger partial charge in [-0.05, 0) is 31.1 Å². The van der Waals surface area contributed by atoms with E-state index < -0.39 is 0 Å². The second-order valence-electron chi connectivity index (χ2n) is 5.39. The van der Waals surface area contributed by atoms with Crippen molar-refractivity contribution in [1.29, 1.82) is 0 Å². The molecule has 1 saturated carbocycles. The lowest BCUT2D eigenvalue weighted by Crippen LogP contribution is -2.40. The van der Waals surface area contributed by atoms with E-state index >= 15 is 0 Å². The molecule has 2 fully saturated rings. The highest BCUT2D eigenvalue weighted by atomic mass is 32.2.